The van der Waals surface area contributed by atoms with Crippen molar-refractivity contribution in [1.29, 1.82) is 0 Å². The lowest BCUT2D eigenvalue weighted by Crippen LogP contribution is -2.42. The minimum Gasteiger partial charge on any atom is -0.399 e. The van der Waals surface area contributed by atoms with E-state index < -0.39 is 16.1 Å². The molecule has 0 aliphatic rings. The second kappa shape index (κ2) is 6.36. The molecule has 0 bridgehead atoms. The Morgan fingerprint density at radius 2 is 1.74 bits per heavy atom. The molecule has 0 aliphatic heterocycles. The monoisotopic (exact) mass is 286 g/mol. The van der Waals surface area contributed by atoms with Crippen LogP contribution in [0.3, 0.4) is 0 Å². The van der Waals surface area contributed by atoms with Crippen LogP contribution in [0.25, 0.3) is 0 Å². The van der Waals surface area contributed by atoms with E-state index in [-0.39, 0.29) is 17.4 Å². The average molecular weight is 286 g/mol. The molecule has 0 unspecified atom stereocenters. The van der Waals surface area contributed by atoms with Gasteiger partial charge in [0.2, 0.25) is 10.0 Å². The third-order valence-corrected chi connectivity index (χ3v) is 4.78. The third-order valence-electron chi connectivity index (χ3n) is 2.79. The SMILES string of the molecule is CC(C)CN([C@@H](C)CO)S(=O)(=O)c1ccc(N)cc1. The van der Waals surface area contributed by atoms with Crippen LogP contribution < -0.4 is 5.73 Å². The Labute approximate surface area is 115 Å². The van der Waals surface area contributed by atoms with Gasteiger partial charge in [-0.25, -0.2) is 8.42 Å². The number of benzene rings is 1. The van der Waals surface area contributed by atoms with Crippen molar-refractivity contribution in [2.24, 2.45) is 5.92 Å². The Morgan fingerprint density at radius 3 is 2.16 bits per heavy atom. The van der Waals surface area contributed by atoms with Crippen molar-refractivity contribution in [3.63, 3.8) is 0 Å². The Kier molecular flexibility index (Phi) is 5.34. The van der Waals surface area contributed by atoms with Gasteiger partial charge in [0, 0.05) is 18.3 Å². The maximum Gasteiger partial charge on any atom is 0.243 e. The molecule has 1 atom stereocenters. The first-order valence-corrected chi connectivity index (χ1v) is 7.71. The molecular weight excluding hydrogens is 264 g/mol. The maximum absolute atomic E-state index is 12.6. The van der Waals surface area contributed by atoms with Gasteiger partial charge in [-0.15, -0.1) is 0 Å². The van der Waals surface area contributed by atoms with E-state index in [4.69, 9.17) is 5.73 Å². The van der Waals surface area contributed by atoms with E-state index in [0.29, 0.717) is 12.2 Å². The fraction of sp³-hybridized carbons (Fsp3) is 0.538. The zero-order chi connectivity index (χ0) is 14.6. The summed E-state index contributed by atoms with van der Waals surface area (Å²) in [6.07, 6.45) is 0. The first kappa shape index (κ1) is 15.9. The van der Waals surface area contributed by atoms with Gasteiger partial charge >= 0.3 is 0 Å². The second-order valence-corrected chi connectivity index (χ2v) is 6.96. The molecule has 0 spiro atoms. The predicted molar refractivity (Wildman–Crippen MR) is 76.1 cm³/mol. The van der Waals surface area contributed by atoms with Crippen LogP contribution in [0.15, 0.2) is 29.2 Å². The van der Waals surface area contributed by atoms with Gasteiger partial charge in [0.05, 0.1) is 11.5 Å². The van der Waals surface area contributed by atoms with E-state index in [0.717, 1.165) is 0 Å². The fourth-order valence-electron chi connectivity index (χ4n) is 1.74. The Morgan fingerprint density at radius 1 is 1.21 bits per heavy atom. The minimum atomic E-state index is -3.61. The number of anilines is 1. The van der Waals surface area contributed by atoms with Crippen LogP contribution in [0, 0.1) is 5.92 Å². The Hall–Kier alpha value is -1.11. The van der Waals surface area contributed by atoms with Crippen molar-refractivity contribution >= 4 is 15.7 Å². The predicted octanol–water partition coefficient (Wildman–Crippen LogP) is 1.30. The van der Waals surface area contributed by atoms with Crippen molar-refractivity contribution in [2.45, 2.75) is 31.7 Å². The molecule has 0 amide bonds. The summed E-state index contributed by atoms with van der Waals surface area (Å²) < 4.78 is 26.4. The van der Waals surface area contributed by atoms with Crippen LogP contribution in [0.4, 0.5) is 5.69 Å². The summed E-state index contributed by atoms with van der Waals surface area (Å²) >= 11 is 0. The lowest BCUT2D eigenvalue weighted by molar-refractivity contribution is 0.189. The quantitative estimate of drug-likeness (QED) is 0.772. The molecular formula is C13H22N2O3S. The molecule has 0 saturated carbocycles. The van der Waals surface area contributed by atoms with Gasteiger partial charge in [-0.1, -0.05) is 13.8 Å². The molecule has 1 rings (SSSR count). The number of hydrogen-bond acceptors (Lipinski definition) is 4. The lowest BCUT2D eigenvalue weighted by Gasteiger charge is -2.28. The lowest BCUT2D eigenvalue weighted by atomic mass is 10.2. The first-order chi connectivity index (χ1) is 8.78. The van der Waals surface area contributed by atoms with Gasteiger partial charge in [-0.2, -0.15) is 4.31 Å². The van der Waals surface area contributed by atoms with Gasteiger partial charge in [-0.05, 0) is 37.1 Å². The molecule has 5 nitrogen and oxygen atoms in total. The average Bonchev–Trinajstić information content (AvgIpc) is 2.35. The number of sulfonamides is 1. The summed E-state index contributed by atoms with van der Waals surface area (Å²) in [4.78, 5) is 0.197. The molecule has 108 valence electrons. The smallest absolute Gasteiger partial charge is 0.243 e. The van der Waals surface area contributed by atoms with Gasteiger partial charge in [-0.3, -0.25) is 0 Å². The van der Waals surface area contributed by atoms with E-state index in [9.17, 15) is 13.5 Å². The largest absolute Gasteiger partial charge is 0.399 e. The van der Waals surface area contributed by atoms with E-state index in [1.165, 1.54) is 16.4 Å². The number of aliphatic hydroxyl groups excluding tert-OH is 1. The molecule has 0 fully saturated rings. The fourth-order valence-corrected chi connectivity index (χ4v) is 3.53. The van der Waals surface area contributed by atoms with Crippen molar-refractivity contribution in [3.8, 4) is 0 Å². The topological polar surface area (TPSA) is 83.6 Å². The molecule has 0 aromatic heterocycles. The number of rotatable bonds is 6. The highest BCUT2D eigenvalue weighted by Gasteiger charge is 2.29. The van der Waals surface area contributed by atoms with Gasteiger partial charge in [0.25, 0.3) is 0 Å². The van der Waals surface area contributed by atoms with Crippen molar-refractivity contribution < 1.29 is 13.5 Å². The Bertz CT molecular complexity index is 497. The molecule has 3 N–H and O–H groups in total. The zero-order valence-electron chi connectivity index (χ0n) is 11.6. The summed E-state index contributed by atoms with van der Waals surface area (Å²) in [5.41, 5.74) is 6.08. The summed E-state index contributed by atoms with van der Waals surface area (Å²) in [5, 5.41) is 9.25. The van der Waals surface area contributed by atoms with E-state index in [1.54, 1.807) is 19.1 Å². The number of nitrogens with zero attached hydrogens (tertiary/aromatic N) is 1. The normalized spacial score (nSPS) is 14.0. The number of hydrogen-bond donors (Lipinski definition) is 2. The second-order valence-electron chi connectivity index (χ2n) is 5.07. The van der Waals surface area contributed by atoms with Crippen LogP contribution in [0.1, 0.15) is 20.8 Å². The molecule has 0 aliphatic carbocycles. The molecule has 19 heavy (non-hydrogen) atoms. The van der Waals surface area contributed by atoms with Crippen molar-refractivity contribution in [1.82, 2.24) is 4.31 Å². The summed E-state index contributed by atoms with van der Waals surface area (Å²) in [6, 6.07) is 5.64. The van der Waals surface area contributed by atoms with E-state index in [1.807, 2.05) is 13.8 Å². The zero-order valence-corrected chi connectivity index (χ0v) is 12.4. The summed E-state index contributed by atoms with van der Waals surface area (Å²) in [6.45, 7) is 5.73. The van der Waals surface area contributed by atoms with Gasteiger partial charge < -0.3 is 10.8 Å². The Balaban J connectivity index is 3.15. The number of nitrogen functional groups attached to an aromatic ring is 1. The van der Waals surface area contributed by atoms with Crippen molar-refractivity contribution in [2.75, 3.05) is 18.9 Å². The molecule has 1 aromatic carbocycles. The van der Waals surface area contributed by atoms with Crippen LogP contribution in [-0.4, -0.2) is 37.0 Å². The van der Waals surface area contributed by atoms with E-state index in [2.05, 4.69) is 0 Å². The van der Waals surface area contributed by atoms with Crippen molar-refractivity contribution in [3.05, 3.63) is 24.3 Å². The van der Waals surface area contributed by atoms with Crippen LogP contribution in [0.2, 0.25) is 0 Å². The van der Waals surface area contributed by atoms with E-state index >= 15 is 0 Å². The standard InChI is InChI=1S/C13H22N2O3S/c1-10(2)8-15(11(3)9-16)19(17,18)13-6-4-12(14)5-7-13/h4-7,10-11,16H,8-9,14H2,1-3H3/t11-/m0/s1. The van der Waals surface area contributed by atoms with Crippen LogP contribution in [0.5, 0.6) is 0 Å². The van der Waals surface area contributed by atoms with Gasteiger partial charge in [0.15, 0.2) is 0 Å². The molecule has 1 aromatic rings. The third kappa shape index (κ3) is 3.92. The highest BCUT2D eigenvalue weighted by molar-refractivity contribution is 7.89. The number of aliphatic hydroxyl groups is 1. The molecule has 0 heterocycles. The first-order valence-electron chi connectivity index (χ1n) is 6.27. The number of nitrogens with two attached hydrogens (primary N) is 1. The maximum atomic E-state index is 12.6. The molecule has 0 radical (unpaired) electrons. The summed E-state index contributed by atoms with van der Waals surface area (Å²) in [5.74, 6) is 0.178. The highest BCUT2D eigenvalue weighted by Crippen LogP contribution is 2.20. The minimum absolute atomic E-state index is 0.178. The highest BCUT2D eigenvalue weighted by atomic mass is 32.2. The van der Waals surface area contributed by atoms with Gasteiger partial charge in [0.1, 0.15) is 0 Å². The molecule has 6 heteroatoms. The molecule has 0 saturated heterocycles. The summed E-state index contributed by atoms with van der Waals surface area (Å²) in [7, 11) is -3.61. The van der Waals surface area contributed by atoms with Crippen LogP contribution >= 0.6 is 0 Å². The van der Waals surface area contributed by atoms with Crippen LogP contribution in [-0.2, 0) is 10.0 Å².